The quantitative estimate of drug-likeness (QED) is 0.888. The third kappa shape index (κ3) is 4.79. The van der Waals surface area contributed by atoms with Crippen LogP contribution in [0.5, 0.6) is 0 Å². The molecule has 2 rings (SSSR count). The lowest BCUT2D eigenvalue weighted by Gasteiger charge is -2.38. The van der Waals surface area contributed by atoms with Gasteiger partial charge in [-0.3, -0.25) is 9.11 Å². The summed E-state index contributed by atoms with van der Waals surface area (Å²) < 4.78 is 11.2. The van der Waals surface area contributed by atoms with Crippen LogP contribution < -0.4 is 5.32 Å². The molecule has 3 atom stereocenters. The second-order valence-electron chi connectivity index (χ2n) is 5.85. The Morgan fingerprint density at radius 2 is 2.05 bits per heavy atom. The average molecular weight is 344 g/mol. The molecule has 1 aliphatic rings. The van der Waals surface area contributed by atoms with E-state index in [4.69, 9.17) is 0 Å². The van der Waals surface area contributed by atoms with Crippen LogP contribution >= 0.6 is 11.3 Å². The molecule has 0 bridgehead atoms. The minimum Gasteiger partial charge on any atom is -0.335 e. The molecule has 2 amide bonds. The molecule has 0 saturated carbocycles. The van der Waals surface area contributed by atoms with E-state index in [0.717, 1.165) is 26.2 Å². The molecule has 124 valence electrons. The lowest BCUT2D eigenvalue weighted by molar-refractivity contribution is 0.113. The number of carbonyl (C=O) groups excluding carboxylic acids is 1. The van der Waals surface area contributed by atoms with Gasteiger partial charge in [-0.15, -0.1) is 0 Å². The summed E-state index contributed by atoms with van der Waals surface area (Å²) in [7, 11) is -0.887. The maximum absolute atomic E-state index is 12.2. The molecule has 0 radical (unpaired) electrons. The summed E-state index contributed by atoms with van der Waals surface area (Å²) in [5.74, 6) is 0.501. The van der Waals surface area contributed by atoms with Gasteiger partial charge in [0.25, 0.3) is 0 Å². The van der Waals surface area contributed by atoms with E-state index in [1.54, 1.807) is 17.6 Å². The highest BCUT2D eigenvalue weighted by Crippen LogP contribution is 2.23. The van der Waals surface area contributed by atoms with Crippen LogP contribution in [0, 0.1) is 0 Å². The van der Waals surface area contributed by atoms with Crippen LogP contribution in [0.15, 0.2) is 16.8 Å². The van der Waals surface area contributed by atoms with E-state index < -0.39 is 10.8 Å². The van der Waals surface area contributed by atoms with Gasteiger partial charge in [0.1, 0.15) is 0 Å². The highest BCUT2D eigenvalue weighted by Gasteiger charge is 2.25. The Bertz CT molecular complexity index is 499. The fourth-order valence-corrected chi connectivity index (χ4v) is 4.27. The molecule has 7 heteroatoms. The molecule has 0 spiro atoms. The van der Waals surface area contributed by atoms with Crippen molar-refractivity contribution in [3.63, 3.8) is 0 Å². The number of nitrogens with zero attached hydrogens (tertiary/aromatic N) is 2. The maximum atomic E-state index is 12.2. The molecule has 1 saturated heterocycles. The Labute approximate surface area is 139 Å². The summed E-state index contributed by atoms with van der Waals surface area (Å²) >= 11 is 1.72. The van der Waals surface area contributed by atoms with Crippen LogP contribution in [0.4, 0.5) is 4.79 Å². The Kier molecular flexibility index (Phi) is 6.40. The van der Waals surface area contributed by atoms with Crippen molar-refractivity contribution in [2.24, 2.45) is 0 Å². The molecular weight excluding hydrogens is 318 g/mol. The molecule has 5 nitrogen and oxygen atoms in total. The fourth-order valence-electron chi connectivity index (χ4n) is 2.73. The normalized spacial score (nSPS) is 20.4. The SMILES string of the molecule is CC(CS(C)=O)NC(=O)N1CCN(C(C)c2ccsc2)CC1. The topological polar surface area (TPSA) is 52.7 Å². The minimum atomic E-state index is -0.887. The van der Waals surface area contributed by atoms with Gasteiger partial charge in [0, 0.05) is 61.1 Å². The van der Waals surface area contributed by atoms with Gasteiger partial charge in [0.05, 0.1) is 0 Å². The van der Waals surface area contributed by atoms with Crippen LogP contribution in [0.2, 0.25) is 0 Å². The predicted molar refractivity (Wildman–Crippen MR) is 92.8 cm³/mol. The van der Waals surface area contributed by atoms with Crippen molar-refractivity contribution in [3.8, 4) is 0 Å². The molecule has 1 aliphatic heterocycles. The number of nitrogens with one attached hydrogen (secondary N) is 1. The lowest BCUT2D eigenvalue weighted by Crippen LogP contribution is -2.53. The van der Waals surface area contributed by atoms with E-state index >= 15 is 0 Å². The molecule has 2 heterocycles. The highest BCUT2D eigenvalue weighted by atomic mass is 32.2. The number of carbonyl (C=O) groups is 1. The van der Waals surface area contributed by atoms with E-state index in [0.29, 0.717) is 11.8 Å². The second kappa shape index (κ2) is 8.08. The first-order valence-electron chi connectivity index (χ1n) is 7.59. The smallest absolute Gasteiger partial charge is 0.317 e. The molecule has 1 aromatic heterocycles. The van der Waals surface area contributed by atoms with Gasteiger partial charge in [0.15, 0.2) is 0 Å². The van der Waals surface area contributed by atoms with Gasteiger partial charge in [0.2, 0.25) is 0 Å². The minimum absolute atomic E-state index is 0.0409. The van der Waals surface area contributed by atoms with Gasteiger partial charge in [-0.1, -0.05) is 0 Å². The van der Waals surface area contributed by atoms with E-state index in [2.05, 4.69) is 34.0 Å². The zero-order valence-electron chi connectivity index (χ0n) is 13.4. The van der Waals surface area contributed by atoms with Crippen molar-refractivity contribution in [1.29, 1.82) is 0 Å². The number of thiophene rings is 1. The Balaban J connectivity index is 1.79. The van der Waals surface area contributed by atoms with E-state index in [-0.39, 0.29) is 12.1 Å². The zero-order valence-corrected chi connectivity index (χ0v) is 15.1. The van der Waals surface area contributed by atoms with Crippen LogP contribution in [0.3, 0.4) is 0 Å². The summed E-state index contributed by atoms with van der Waals surface area (Å²) in [4.78, 5) is 16.5. The highest BCUT2D eigenvalue weighted by molar-refractivity contribution is 7.84. The van der Waals surface area contributed by atoms with E-state index in [1.165, 1.54) is 5.56 Å². The molecule has 0 aliphatic carbocycles. The summed E-state index contributed by atoms with van der Waals surface area (Å²) in [5.41, 5.74) is 1.35. The summed E-state index contributed by atoms with van der Waals surface area (Å²) in [5, 5.41) is 7.23. The molecular formula is C15H25N3O2S2. The standard InChI is InChI=1S/C15H25N3O2S2/c1-12(11-22(3)20)16-15(19)18-7-5-17(6-8-18)13(2)14-4-9-21-10-14/h4,9-10,12-13H,5-8,11H2,1-3H3,(H,16,19). The van der Waals surface area contributed by atoms with E-state index in [9.17, 15) is 9.00 Å². The summed E-state index contributed by atoms with van der Waals surface area (Å²) in [6, 6.07) is 2.47. The van der Waals surface area contributed by atoms with Crippen molar-refractivity contribution < 1.29 is 9.00 Å². The van der Waals surface area contributed by atoms with Crippen molar-refractivity contribution in [2.45, 2.75) is 25.9 Å². The number of rotatable bonds is 5. The first-order valence-corrected chi connectivity index (χ1v) is 10.3. The van der Waals surface area contributed by atoms with Crippen LogP contribution in [-0.2, 0) is 10.8 Å². The summed E-state index contributed by atoms with van der Waals surface area (Å²) in [6.45, 7) is 7.37. The number of piperazine rings is 1. The number of hydrogen-bond acceptors (Lipinski definition) is 4. The van der Waals surface area contributed by atoms with Gasteiger partial charge >= 0.3 is 6.03 Å². The fraction of sp³-hybridized carbons (Fsp3) is 0.667. The van der Waals surface area contributed by atoms with Crippen molar-refractivity contribution in [3.05, 3.63) is 22.4 Å². The van der Waals surface area contributed by atoms with Crippen molar-refractivity contribution in [2.75, 3.05) is 38.2 Å². The molecule has 1 fully saturated rings. The number of urea groups is 1. The largest absolute Gasteiger partial charge is 0.335 e. The monoisotopic (exact) mass is 343 g/mol. The molecule has 1 N–H and O–H groups in total. The Morgan fingerprint density at radius 3 is 2.59 bits per heavy atom. The van der Waals surface area contributed by atoms with Crippen molar-refractivity contribution >= 4 is 28.2 Å². The molecule has 3 unspecified atom stereocenters. The first kappa shape index (κ1) is 17.4. The lowest BCUT2D eigenvalue weighted by atomic mass is 10.1. The van der Waals surface area contributed by atoms with Gasteiger partial charge in [-0.2, -0.15) is 11.3 Å². The van der Waals surface area contributed by atoms with Crippen LogP contribution in [0.1, 0.15) is 25.5 Å². The molecule has 0 aromatic carbocycles. The van der Waals surface area contributed by atoms with Crippen LogP contribution in [0.25, 0.3) is 0 Å². The summed E-state index contributed by atoms with van der Waals surface area (Å²) in [6.07, 6.45) is 1.66. The first-order chi connectivity index (χ1) is 10.5. The Hall–Kier alpha value is -0.920. The van der Waals surface area contributed by atoms with Gasteiger partial charge in [-0.05, 0) is 36.2 Å². The Morgan fingerprint density at radius 1 is 1.36 bits per heavy atom. The van der Waals surface area contributed by atoms with Crippen molar-refractivity contribution in [1.82, 2.24) is 15.1 Å². The van der Waals surface area contributed by atoms with E-state index in [1.807, 2.05) is 11.8 Å². The third-order valence-corrected chi connectivity index (χ3v) is 5.70. The van der Waals surface area contributed by atoms with Gasteiger partial charge < -0.3 is 10.2 Å². The molecule has 22 heavy (non-hydrogen) atoms. The third-order valence-electron chi connectivity index (χ3n) is 4.03. The number of amides is 2. The molecule has 1 aromatic rings. The predicted octanol–water partition coefficient (Wildman–Crippen LogP) is 1.90. The van der Waals surface area contributed by atoms with Crippen LogP contribution in [-0.4, -0.2) is 64.3 Å². The zero-order chi connectivity index (χ0) is 16.1. The number of hydrogen-bond donors (Lipinski definition) is 1. The maximum Gasteiger partial charge on any atom is 0.317 e. The van der Waals surface area contributed by atoms with Gasteiger partial charge in [-0.25, -0.2) is 4.79 Å². The second-order valence-corrected chi connectivity index (χ2v) is 8.11. The average Bonchev–Trinajstić information content (AvgIpc) is 2.99.